The van der Waals surface area contributed by atoms with E-state index in [1.54, 1.807) is 0 Å². The summed E-state index contributed by atoms with van der Waals surface area (Å²) in [5, 5.41) is 0. The quantitative estimate of drug-likeness (QED) is 0.590. The van der Waals surface area contributed by atoms with Gasteiger partial charge >= 0.3 is 18.3 Å². The van der Waals surface area contributed by atoms with Crippen molar-refractivity contribution in [3.63, 3.8) is 0 Å². The van der Waals surface area contributed by atoms with Crippen LogP contribution in [0.25, 0.3) is 0 Å². The zero-order valence-electron chi connectivity index (χ0n) is 7.44. The molecule has 0 fully saturated rings. The van der Waals surface area contributed by atoms with Crippen LogP contribution >= 0.6 is 0 Å². The molecule has 0 aliphatic rings. The van der Waals surface area contributed by atoms with Crippen LogP contribution in [0.5, 0.6) is 0 Å². The van der Waals surface area contributed by atoms with Gasteiger partial charge < -0.3 is 4.55 Å². The highest BCUT2D eigenvalue weighted by Crippen LogP contribution is 2.43. The topological polar surface area (TPSA) is 49.4 Å². The van der Waals surface area contributed by atoms with Gasteiger partial charge in [0.1, 0.15) is 0 Å². The summed E-state index contributed by atoms with van der Waals surface area (Å²) in [5.41, 5.74) is 0. The van der Waals surface area contributed by atoms with Gasteiger partial charge in [0.2, 0.25) is 0 Å². The summed E-state index contributed by atoms with van der Waals surface area (Å²) in [6.07, 6.45) is -18.4. The molecule has 0 spiro atoms. The minimum atomic E-state index is -6.36. The molecule has 0 aliphatic carbocycles. The molecule has 0 aromatic carbocycles. The molecule has 0 radical (unpaired) electrons. The molecule has 0 aliphatic heterocycles. The predicted molar refractivity (Wildman–Crippen MR) is 35.5 cm³/mol. The summed E-state index contributed by atoms with van der Waals surface area (Å²) in [5.74, 6) is -5.94. The molecule has 3 nitrogen and oxygen atoms in total. The molecule has 0 heterocycles. The Kier molecular flexibility index (Phi) is 4.87. The van der Waals surface area contributed by atoms with E-state index in [4.69, 9.17) is 0 Å². The first kappa shape index (κ1) is 16.5. The van der Waals surface area contributed by atoms with Gasteiger partial charge in [0, 0.05) is 0 Å². The van der Waals surface area contributed by atoms with Crippen molar-refractivity contribution in [3.8, 4) is 0 Å². The fourth-order valence-corrected chi connectivity index (χ4v) is 1.09. The molecule has 0 bridgehead atoms. The molecular weight excluding hydrogens is 292 g/mol. The van der Waals surface area contributed by atoms with Gasteiger partial charge in [-0.05, 0) is 0 Å². The van der Waals surface area contributed by atoms with E-state index in [2.05, 4.69) is 4.18 Å². The molecule has 0 aromatic heterocycles. The predicted octanol–water partition coefficient (Wildman–Crippen LogP) is 2.32. The van der Waals surface area contributed by atoms with Gasteiger partial charge in [0.15, 0.2) is 6.10 Å². The van der Waals surface area contributed by atoms with Crippen LogP contribution in [0.15, 0.2) is 0 Å². The zero-order chi connectivity index (χ0) is 14.1. The third kappa shape index (κ3) is 5.12. The minimum absolute atomic E-state index is 2.76. The Morgan fingerprint density at radius 3 is 1.71 bits per heavy atom. The zero-order valence-corrected chi connectivity index (χ0v) is 8.26. The van der Waals surface area contributed by atoms with Crippen LogP contribution in [-0.2, 0) is 15.5 Å². The summed E-state index contributed by atoms with van der Waals surface area (Å²) in [6, 6.07) is 0. The van der Waals surface area contributed by atoms with Crippen molar-refractivity contribution in [1.29, 1.82) is 0 Å². The van der Waals surface area contributed by atoms with Crippen LogP contribution in [0.1, 0.15) is 6.42 Å². The normalized spacial score (nSPS) is 17.9. The number of alkyl halides is 8. The number of hydrogen-bond acceptors (Lipinski definition) is 3. The van der Waals surface area contributed by atoms with E-state index >= 15 is 0 Å². The van der Waals surface area contributed by atoms with Crippen LogP contribution in [-0.4, -0.2) is 33.1 Å². The van der Waals surface area contributed by atoms with E-state index in [0.717, 1.165) is 0 Å². The van der Waals surface area contributed by atoms with Gasteiger partial charge in [-0.2, -0.15) is 35.1 Å². The van der Waals surface area contributed by atoms with Crippen molar-refractivity contribution in [2.24, 2.45) is 0 Å². The maximum absolute atomic E-state index is 12.5. The number of rotatable bonds is 4. The summed E-state index contributed by atoms with van der Waals surface area (Å²) >= 11 is -3.94. The average molecular weight is 295 g/mol. The van der Waals surface area contributed by atoms with Crippen LogP contribution < -0.4 is 0 Å². The van der Waals surface area contributed by atoms with Crippen molar-refractivity contribution in [2.75, 3.05) is 0 Å². The third-order valence-electron chi connectivity index (χ3n) is 1.39. The van der Waals surface area contributed by atoms with Gasteiger partial charge in [-0.25, -0.2) is 4.21 Å². The second-order valence-electron chi connectivity index (χ2n) is 2.73. The Bertz CT molecular complexity index is 284. The highest BCUT2D eigenvalue weighted by molar-refractivity contribution is 7.74. The van der Waals surface area contributed by atoms with E-state index < -0.39 is 42.2 Å². The lowest BCUT2D eigenvalue weighted by Crippen LogP contribution is -2.50. The lowest BCUT2D eigenvalue weighted by atomic mass is 10.1. The van der Waals surface area contributed by atoms with Gasteiger partial charge in [-0.3, -0.25) is 4.18 Å². The Labute approximate surface area is 91.2 Å². The maximum Gasteiger partial charge on any atom is 0.456 e. The third-order valence-corrected chi connectivity index (χ3v) is 1.78. The molecule has 104 valence electrons. The van der Waals surface area contributed by atoms with E-state index in [0.29, 0.717) is 0 Å². The van der Waals surface area contributed by atoms with E-state index in [-0.39, 0.29) is 0 Å². The largest absolute Gasteiger partial charge is 0.750 e. The fraction of sp³-hybridized carbons (Fsp3) is 1.00. The summed E-state index contributed by atoms with van der Waals surface area (Å²) in [7, 11) is 0. The average Bonchev–Trinajstić information content (AvgIpc) is 1.96. The first-order chi connectivity index (χ1) is 7.27. The molecule has 0 rings (SSSR count). The second kappa shape index (κ2) is 5.02. The van der Waals surface area contributed by atoms with Crippen molar-refractivity contribution in [2.45, 2.75) is 30.8 Å². The van der Waals surface area contributed by atoms with Crippen molar-refractivity contribution >= 4 is 11.4 Å². The Morgan fingerprint density at radius 1 is 1.06 bits per heavy atom. The molecule has 0 saturated heterocycles. The minimum Gasteiger partial charge on any atom is -0.750 e. The highest BCUT2D eigenvalue weighted by Gasteiger charge is 2.65. The molecule has 2 atom stereocenters. The molecule has 12 heteroatoms. The summed E-state index contributed by atoms with van der Waals surface area (Å²) < 4.78 is 118. The molecule has 2 unspecified atom stereocenters. The van der Waals surface area contributed by atoms with Gasteiger partial charge in [-0.15, -0.1) is 0 Å². The molecule has 0 N–H and O–H groups in total. The molecule has 0 aromatic rings. The van der Waals surface area contributed by atoms with Crippen LogP contribution in [0.4, 0.5) is 35.1 Å². The van der Waals surface area contributed by atoms with E-state index in [1.165, 1.54) is 0 Å². The molecular formula is C5H3F8O3S-. The van der Waals surface area contributed by atoms with Crippen LogP contribution in [0.3, 0.4) is 0 Å². The maximum atomic E-state index is 12.5. The smallest absolute Gasteiger partial charge is 0.456 e. The Morgan fingerprint density at radius 2 is 1.47 bits per heavy atom. The number of hydrogen-bond donors (Lipinski definition) is 0. The van der Waals surface area contributed by atoms with Crippen molar-refractivity contribution in [3.05, 3.63) is 0 Å². The monoisotopic (exact) mass is 295 g/mol. The van der Waals surface area contributed by atoms with Gasteiger partial charge in [0.05, 0.1) is 17.8 Å². The molecule has 17 heavy (non-hydrogen) atoms. The highest BCUT2D eigenvalue weighted by atomic mass is 32.2. The van der Waals surface area contributed by atoms with Crippen molar-refractivity contribution in [1.82, 2.24) is 0 Å². The van der Waals surface area contributed by atoms with Gasteiger partial charge in [0.25, 0.3) is 0 Å². The summed E-state index contributed by atoms with van der Waals surface area (Å²) in [4.78, 5) is 0. The Hall–Kier alpha value is -0.490. The van der Waals surface area contributed by atoms with Crippen LogP contribution in [0.2, 0.25) is 0 Å². The van der Waals surface area contributed by atoms with Crippen LogP contribution in [0, 0.1) is 0 Å². The van der Waals surface area contributed by atoms with E-state index in [9.17, 15) is 43.9 Å². The van der Waals surface area contributed by atoms with E-state index in [1.807, 2.05) is 0 Å². The fourth-order valence-electron chi connectivity index (χ4n) is 0.710. The lowest BCUT2D eigenvalue weighted by molar-refractivity contribution is -0.318. The molecule has 0 saturated carbocycles. The SMILES string of the molecule is O=S([O-])OC(CC(F)(F)F)C(F)(F)C(F)(F)F. The standard InChI is InChI=1S/C5H4F8O3S/c6-3(7,8)1-2(16-17(14)15)4(9,10)5(11,12)13/h2H,1H2,(H,14,15)/p-1. The second-order valence-corrected chi connectivity index (χ2v) is 3.33. The van der Waals surface area contributed by atoms with Gasteiger partial charge in [-0.1, -0.05) is 0 Å². The summed E-state index contributed by atoms with van der Waals surface area (Å²) in [6.45, 7) is 0. The van der Waals surface area contributed by atoms with Crippen molar-refractivity contribution < 1.29 is 48.1 Å². The first-order valence-corrected chi connectivity index (χ1v) is 4.55. The Balaban J connectivity index is 5.11. The lowest BCUT2D eigenvalue weighted by Gasteiger charge is -2.29. The first-order valence-electron chi connectivity index (χ1n) is 3.55. The molecule has 0 amide bonds. The number of halogens is 8.